The van der Waals surface area contributed by atoms with Crippen LogP contribution in [-0.2, 0) is 6.18 Å². The Morgan fingerprint density at radius 1 is 1.05 bits per heavy atom. The minimum absolute atomic E-state index is 0.0639. The summed E-state index contributed by atoms with van der Waals surface area (Å²) >= 11 is 5.94. The fourth-order valence-corrected chi connectivity index (χ4v) is 2.20. The molecule has 20 heavy (non-hydrogen) atoms. The fourth-order valence-electron chi connectivity index (χ4n) is 1.88. The van der Waals surface area contributed by atoms with Gasteiger partial charge in [0.05, 0.1) is 10.6 Å². The molecule has 0 saturated carbocycles. The number of benzene rings is 2. The molecule has 2 aromatic rings. The Morgan fingerprint density at radius 3 is 2.30 bits per heavy atom. The van der Waals surface area contributed by atoms with Gasteiger partial charge in [-0.15, -0.1) is 0 Å². The van der Waals surface area contributed by atoms with E-state index in [1.807, 2.05) is 0 Å². The van der Waals surface area contributed by atoms with Gasteiger partial charge in [-0.25, -0.2) is 0 Å². The highest BCUT2D eigenvalue weighted by Crippen LogP contribution is 2.33. The van der Waals surface area contributed by atoms with Crippen LogP contribution >= 0.6 is 11.6 Å². The number of carbonyl (C=O) groups is 1. The molecule has 0 aliphatic heterocycles. The first-order valence-electron chi connectivity index (χ1n) is 5.78. The topological polar surface area (TPSA) is 17.1 Å². The van der Waals surface area contributed by atoms with E-state index < -0.39 is 23.1 Å². The Bertz CT molecular complexity index is 662. The van der Waals surface area contributed by atoms with E-state index in [2.05, 4.69) is 0 Å². The third-order valence-corrected chi connectivity index (χ3v) is 3.16. The summed E-state index contributed by atoms with van der Waals surface area (Å²) in [7, 11) is 0. The van der Waals surface area contributed by atoms with Crippen LogP contribution in [0.3, 0.4) is 0 Å². The Kier molecular flexibility index (Phi) is 3.86. The van der Waals surface area contributed by atoms with E-state index in [0.29, 0.717) is 0 Å². The molecule has 0 aliphatic rings. The van der Waals surface area contributed by atoms with Crippen LogP contribution in [0.15, 0.2) is 42.5 Å². The molecule has 0 amide bonds. The minimum Gasteiger partial charge on any atom is -0.289 e. The van der Waals surface area contributed by atoms with Crippen molar-refractivity contribution >= 4 is 17.4 Å². The van der Waals surface area contributed by atoms with Crippen LogP contribution in [0.2, 0.25) is 5.02 Å². The second kappa shape index (κ2) is 5.29. The van der Waals surface area contributed by atoms with Crippen molar-refractivity contribution in [3.8, 4) is 0 Å². The average Bonchev–Trinajstić information content (AvgIpc) is 2.37. The van der Waals surface area contributed by atoms with Gasteiger partial charge in [-0.05, 0) is 30.7 Å². The maximum absolute atomic E-state index is 12.9. The Hall–Kier alpha value is -1.81. The summed E-state index contributed by atoms with van der Waals surface area (Å²) in [5.74, 6) is -0.733. The molecule has 0 atom stereocenters. The summed E-state index contributed by atoms with van der Waals surface area (Å²) in [5, 5.41) is 0.145. The zero-order valence-electron chi connectivity index (χ0n) is 10.5. The molecule has 2 rings (SSSR count). The van der Waals surface area contributed by atoms with Gasteiger partial charge in [-0.2, -0.15) is 13.2 Å². The number of rotatable bonds is 2. The predicted octanol–water partition coefficient (Wildman–Crippen LogP) is 4.90. The van der Waals surface area contributed by atoms with Crippen LogP contribution in [-0.4, -0.2) is 5.78 Å². The van der Waals surface area contributed by atoms with Crippen molar-refractivity contribution in [2.24, 2.45) is 0 Å². The first-order chi connectivity index (χ1) is 9.30. The average molecular weight is 299 g/mol. The highest BCUT2D eigenvalue weighted by molar-refractivity contribution is 6.35. The largest absolute Gasteiger partial charge is 0.417 e. The lowest BCUT2D eigenvalue weighted by molar-refractivity contribution is -0.137. The zero-order chi connectivity index (χ0) is 14.9. The number of carbonyl (C=O) groups excluding carboxylic acids is 1. The van der Waals surface area contributed by atoms with Gasteiger partial charge in [0, 0.05) is 11.1 Å². The van der Waals surface area contributed by atoms with Crippen LogP contribution in [0.5, 0.6) is 0 Å². The summed E-state index contributed by atoms with van der Waals surface area (Å²) in [5.41, 5.74) is -0.461. The molecule has 0 radical (unpaired) electrons. The van der Waals surface area contributed by atoms with Gasteiger partial charge in [0.25, 0.3) is 0 Å². The third kappa shape index (κ3) is 2.85. The van der Waals surface area contributed by atoms with E-state index >= 15 is 0 Å². The van der Waals surface area contributed by atoms with E-state index in [0.717, 1.165) is 17.7 Å². The van der Waals surface area contributed by atoms with E-state index in [1.165, 1.54) is 18.2 Å². The molecule has 2 aromatic carbocycles. The molecule has 0 bridgehead atoms. The molecular formula is C15H10ClF3O. The number of alkyl halides is 3. The lowest BCUT2D eigenvalue weighted by atomic mass is 9.97. The van der Waals surface area contributed by atoms with Crippen molar-refractivity contribution in [2.45, 2.75) is 13.1 Å². The number of hydrogen-bond acceptors (Lipinski definition) is 1. The third-order valence-electron chi connectivity index (χ3n) is 2.85. The van der Waals surface area contributed by atoms with Crippen LogP contribution in [0.25, 0.3) is 0 Å². The van der Waals surface area contributed by atoms with Gasteiger partial charge in [-0.1, -0.05) is 35.9 Å². The number of halogens is 4. The van der Waals surface area contributed by atoms with Crippen LogP contribution in [0, 0.1) is 6.92 Å². The van der Waals surface area contributed by atoms with Crippen molar-refractivity contribution in [3.63, 3.8) is 0 Å². The monoisotopic (exact) mass is 298 g/mol. The molecular weight excluding hydrogens is 289 g/mol. The van der Waals surface area contributed by atoms with Gasteiger partial charge < -0.3 is 0 Å². The summed E-state index contributed by atoms with van der Waals surface area (Å²) in [6, 6.07) is 9.30. The summed E-state index contributed by atoms with van der Waals surface area (Å²) in [4.78, 5) is 12.3. The van der Waals surface area contributed by atoms with E-state index in [9.17, 15) is 18.0 Å². The van der Waals surface area contributed by atoms with Crippen molar-refractivity contribution in [1.29, 1.82) is 0 Å². The first-order valence-corrected chi connectivity index (χ1v) is 6.15. The Labute approximate surface area is 119 Å². The predicted molar refractivity (Wildman–Crippen MR) is 71.1 cm³/mol. The number of hydrogen-bond donors (Lipinski definition) is 0. The van der Waals surface area contributed by atoms with Gasteiger partial charge >= 0.3 is 6.18 Å². The normalized spacial score (nSPS) is 11.4. The molecule has 0 spiro atoms. The quantitative estimate of drug-likeness (QED) is 0.721. The second-order valence-corrected chi connectivity index (χ2v) is 4.76. The zero-order valence-corrected chi connectivity index (χ0v) is 11.2. The summed E-state index contributed by atoms with van der Waals surface area (Å²) in [6.45, 7) is 1.78. The molecule has 0 N–H and O–H groups in total. The fraction of sp³-hybridized carbons (Fsp3) is 0.133. The molecule has 0 heterocycles. The van der Waals surface area contributed by atoms with Crippen LogP contribution < -0.4 is 0 Å². The van der Waals surface area contributed by atoms with E-state index in [-0.39, 0.29) is 10.6 Å². The number of aryl methyl sites for hydroxylation is 1. The lowest BCUT2D eigenvalue weighted by Crippen LogP contribution is -2.14. The maximum atomic E-state index is 12.9. The van der Waals surface area contributed by atoms with Crippen molar-refractivity contribution in [1.82, 2.24) is 0 Å². The van der Waals surface area contributed by atoms with Crippen molar-refractivity contribution < 1.29 is 18.0 Å². The maximum Gasteiger partial charge on any atom is 0.417 e. The molecule has 0 fully saturated rings. The second-order valence-electron chi connectivity index (χ2n) is 4.36. The summed E-state index contributed by atoms with van der Waals surface area (Å²) < 4.78 is 38.7. The first kappa shape index (κ1) is 14.6. The van der Waals surface area contributed by atoms with E-state index in [4.69, 9.17) is 11.6 Å². The van der Waals surface area contributed by atoms with Gasteiger partial charge in [0.15, 0.2) is 5.78 Å². The van der Waals surface area contributed by atoms with E-state index in [1.54, 1.807) is 19.1 Å². The molecule has 0 saturated heterocycles. The molecule has 1 nitrogen and oxygen atoms in total. The molecule has 0 aliphatic carbocycles. The van der Waals surface area contributed by atoms with Gasteiger partial charge in [0.2, 0.25) is 0 Å². The van der Waals surface area contributed by atoms with Gasteiger partial charge in [0.1, 0.15) is 0 Å². The van der Waals surface area contributed by atoms with Gasteiger partial charge in [-0.3, -0.25) is 4.79 Å². The summed E-state index contributed by atoms with van der Waals surface area (Å²) in [6.07, 6.45) is -4.58. The number of ketones is 1. The Morgan fingerprint density at radius 2 is 1.70 bits per heavy atom. The van der Waals surface area contributed by atoms with Crippen LogP contribution in [0.1, 0.15) is 27.0 Å². The SMILES string of the molecule is Cc1ccc(C(=O)c2ccccc2C(F)(F)F)c(Cl)c1. The standard InChI is InChI=1S/C15H10ClF3O/c1-9-6-7-11(13(16)8-9)14(20)10-4-2-3-5-12(10)15(17,18)19/h2-8H,1H3. The highest BCUT2D eigenvalue weighted by atomic mass is 35.5. The minimum atomic E-state index is -4.58. The smallest absolute Gasteiger partial charge is 0.289 e. The molecule has 0 unspecified atom stereocenters. The molecule has 0 aromatic heterocycles. The highest BCUT2D eigenvalue weighted by Gasteiger charge is 2.35. The van der Waals surface area contributed by atoms with Crippen molar-refractivity contribution in [2.75, 3.05) is 0 Å². The van der Waals surface area contributed by atoms with Crippen LogP contribution in [0.4, 0.5) is 13.2 Å². The van der Waals surface area contributed by atoms with Crippen molar-refractivity contribution in [3.05, 3.63) is 69.7 Å². The molecule has 104 valence electrons. The molecule has 5 heteroatoms. The lowest BCUT2D eigenvalue weighted by Gasteiger charge is -2.12. The Balaban J connectivity index is 2.55.